The van der Waals surface area contributed by atoms with Crippen molar-refractivity contribution < 1.29 is 38.7 Å². The second-order valence-electron chi connectivity index (χ2n) is 16.1. The largest absolute Gasteiger partial charge is 0.480 e. The number of amides is 6. The molecule has 1 aliphatic heterocycles. The van der Waals surface area contributed by atoms with Crippen molar-refractivity contribution in [2.75, 3.05) is 27.2 Å². The van der Waals surface area contributed by atoms with Crippen molar-refractivity contribution in [3.05, 3.63) is 59.7 Å². The molecule has 2 rings (SSSR count). The standard InChI is InChI=1S/C41H62N6O8/c1-26(2)30(46(10)38(53)35(40(4,5)6)45-37(52)34(42-9)41(7,8)28-17-12-11-13-18-28)25-27(3)36(51)43-23-15-14-19-29(39(54)55)44-31(48)20-16-24-47-32(49)21-22-33(47)50/h11-13,17-18,21-22,25-26,29-30,34-35,42H,14-16,19-20,23-24H2,1-10H3,(H,43,51)(H,44,48)(H,45,52)(H,54,55)/b27-25+/t29-,30-,34-,35?/m1/s1. The minimum Gasteiger partial charge on any atom is -0.480 e. The number of imide groups is 1. The number of hydrogen-bond acceptors (Lipinski definition) is 8. The van der Waals surface area contributed by atoms with Gasteiger partial charge in [-0.25, -0.2) is 4.79 Å². The van der Waals surface area contributed by atoms with Gasteiger partial charge in [0.2, 0.25) is 23.6 Å². The van der Waals surface area contributed by atoms with Gasteiger partial charge in [-0.3, -0.25) is 33.7 Å². The van der Waals surface area contributed by atoms with Crippen LogP contribution in [0.3, 0.4) is 0 Å². The highest BCUT2D eigenvalue weighted by Crippen LogP contribution is 2.29. The Bertz CT molecular complexity index is 1580. The van der Waals surface area contributed by atoms with Crippen LogP contribution < -0.4 is 21.3 Å². The maximum atomic E-state index is 14.2. The number of carbonyl (C=O) groups is 7. The third kappa shape index (κ3) is 13.4. The number of nitrogens with one attached hydrogen (secondary N) is 4. The second-order valence-corrected chi connectivity index (χ2v) is 16.1. The number of nitrogens with zero attached hydrogens (tertiary/aromatic N) is 2. The van der Waals surface area contributed by atoms with Crippen LogP contribution in [0.1, 0.15) is 93.1 Å². The Labute approximate surface area is 325 Å². The number of benzene rings is 1. The highest BCUT2D eigenvalue weighted by atomic mass is 16.4. The van der Waals surface area contributed by atoms with E-state index in [9.17, 15) is 38.7 Å². The molecule has 304 valence electrons. The van der Waals surface area contributed by atoms with Crippen LogP contribution in [0.4, 0.5) is 0 Å². The molecule has 5 N–H and O–H groups in total. The molecule has 55 heavy (non-hydrogen) atoms. The predicted molar refractivity (Wildman–Crippen MR) is 210 cm³/mol. The summed E-state index contributed by atoms with van der Waals surface area (Å²) in [5.41, 5.74) is 0.161. The van der Waals surface area contributed by atoms with E-state index in [1.807, 2.05) is 78.8 Å². The highest BCUT2D eigenvalue weighted by molar-refractivity contribution is 6.12. The van der Waals surface area contributed by atoms with Gasteiger partial charge >= 0.3 is 5.97 Å². The summed E-state index contributed by atoms with van der Waals surface area (Å²) < 4.78 is 0. The van der Waals surface area contributed by atoms with E-state index < -0.39 is 58.7 Å². The number of unbranched alkanes of at least 4 members (excludes halogenated alkanes) is 1. The molecule has 0 saturated heterocycles. The third-order valence-electron chi connectivity index (χ3n) is 9.97. The maximum absolute atomic E-state index is 14.2. The van der Waals surface area contributed by atoms with Crippen LogP contribution in [0.15, 0.2) is 54.1 Å². The van der Waals surface area contributed by atoms with E-state index in [1.54, 1.807) is 32.0 Å². The van der Waals surface area contributed by atoms with Crippen LogP contribution in [0.5, 0.6) is 0 Å². The molecule has 0 radical (unpaired) electrons. The lowest BCUT2D eigenvalue weighted by molar-refractivity contribution is -0.142. The van der Waals surface area contributed by atoms with Gasteiger partial charge in [-0.15, -0.1) is 0 Å². The first-order valence-electron chi connectivity index (χ1n) is 19.0. The molecule has 4 atom stereocenters. The fraction of sp³-hybridized carbons (Fsp3) is 0.585. The summed E-state index contributed by atoms with van der Waals surface area (Å²) in [5.74, 6) is -3.56. The van der Waals surface area contributed by atoms with Gasteiger partial charge in [-0.05, 0) is 56.6 Å². The average molecular weight is 767 g/mol. The smallest absolute Gasteiger partial charge is 0.326 e. The lowest BCUT2D eigenvalue weighted by atomic mass is 9.76. The monoisotopic (exact) mass is 766 g/mol. The second kappa shape index (κ2) is 20.7. The Morgan fingerprint density at radius 1 is 0.891 bits per heavy atom. The zero-order valence-corrected chi connectivity index (χ0v) is 34.2. The molecule has 14 nitrogen and oxygen atoms in total. The van der Waals surface area contributed by atoms with E-state index in [0.717, 1.165) is 22.6 Å². The molecule has 0 saturated carbocycles. The Balaban J connectivity index is 1.98. The van der Waals surface area contributed by atoms with Crippen molar-refractivity contribution in [2.45, 2.75) is 117 Å². The Morgan fingerprint density at radius 2 is 1.49 bits per heavy atom. The molecule has 1 aromatic carbocycles. The molecule has 0 bridgehead atoms. The van der Waals surface area contributed by atoms with Crippen molar-refractivity contribution in [3.8, 4) is 0 Å². The first-order valence-corrected chi connectivity index (χ1v) is 19.0. The van der Waals surface area contributed by atoms with Gasteiger partial charge in [0.25, 0.3) is 11.8 Å². The average Bonchev–Trinajstić information content (AvgIpc) is 3.43. The van der Waals surface area contributed by atoms with E-state index in [1.165, 1.54) is 0 Å². The van der Waals surface area contributed by atoms with E-state index in [4.69, 9.17) is 0 Å². The fourth-order valence-electron chi connectivity index (χ4n) is 6.55. The molecule has 0 spiro atoms. The van der Waals surface area contributed by atoms with Gasteiger partial charge in [0.1, 0.15) is 12.1 Å². The van der Waals surface area contributed by atoms with Crippen molar-refractivity contribution >= 4 is 41.4 Å². The number of likely N-dealkylation sites (N-methyl/N-ethyl adjacent to an activating group) is 2. The molecule has 0 aromatic heterocycles. The van der Waals surface area contributed by atoms with Crippen molar-refractivity contribution in [3.63, 3.8) is 0 Å². The third-order valence-corrected chi connectivity index (χ3v) is 9.97. The Morgan fingerprint density at radius 3 is 2.02 bits per heavy atom. The topological polar surface area (TPSA) is 194 Å². The van der Waals surface area contributed by atoms with Gasteiger partial charge in [0.15, 0.2) is 0 Å². The first-order chi connectivity index (χ1) is 25.6. The molecule has 1 heterocycles. The molecule has 6 amide bonds. The number of aliphatic carboxylic acids is 1. The normalized spacial score (nSPS) is 15.7. The number of carboxylic acid groups (broad SMARTS) is 1. The fourth-order valence-corrected chi connectivity index (χ4v) is 6.55. The Hall–Kier alpha value is -4.85. The van der Waals surface area contributed by atoms with E-state index in [-0.39, 0.29) is 56.0 Å². The van der Waals surface area contributed by atoms with Crippen LogP contribution >= 0.6 is 0 Å². The quantitative estimate of drug-likeness (QED) is 0.0711. The molecule has 14 heteroatoms. The molecule has 1 aromatic rings. The van der Waals surface area contributed by atoms with Gasteiger partial charge in [0, 0.05) is 49.7 Å². The summed E-state index contributed by atoms with van der Waals surface area (Å²) >= 11 is 0. The lowest BCUT2D eigenvalue weighted by Crippen LogP contribution is -2.61. The van der Waals surface area contributed by atoms with E-state index in [0.29, 0.717) is 18.4 Å². The zero-order chi connectivity index (χ0) is 41.7. The minimum atomic E-state index is -1.19. The highest BCUT2D eigenvalue weighted by Gasteiger charge is 2.41. The van der Waals surface area contributed by atoms with Crippen LogP contribution in [0, 0.1) is 11.3 Å². The van der Waals surface area contributed by atoms with Crippen molar-refractivity contribution in [2.24, 2.45) is 11.3 Å². The van der Waals surface area contributed by atoms with Crippen LogP contribution in [-0.4, -0.2) is 108 Å². The predicted octanol–water partition coefficient (Wildman–Crippen LogP) is 3.07. The summed E-state index contributed by atoms with van der Waals surface area (Å²) in [6.45, 7) is 15.6. The van der Waals surface area contributed by atoms with E-state index in [2.05, 4.69) is 21.3 Å². The zero-order valence-electron chi connectivity index (χ0n) is 34.2. The van der Waals surface area contributed by atoms with Gasteiger partial charge in [-0.1, -0.05) is 84.9 Å². The first kappa shape index (κ1) is 46.3. The molecular formula is C41H62N6O8. The summed E-state index contributed by atoms with van der Waals surface area (Å²) in [6, 6.07) is 6.65. The maximum Gasteiger partial charge on any atom is 0.326 e. The van der Waals surface area contributed by atoms with Gasteiger partial charge in [0.05, 0.1) is 12.1 Å². The molecule has 1 aliphatic rings. The van der Waals surface area contributed by atoms with Crippen molar-refractivity contribution in [1.29, 1.82) is 0 Å². The number of rotatable bonds is 21. The molecule has 1 unspecified atom stereocenters. The summed E-state index contributed by atoms with van der Waals surface area (Å²) in [4.78, 5) is 91.1. The van der Waals surface area contributed by atoms with Crippen LogP contribution in [-0.2, 0) is 39.0 Å². The SMILES string of the molecule is CN[C@H](C(=O)NC(C(=O)N(C)[C@H](/C=C(\C)C(=O)NCCCC[C@@H](NC(=O)CCCN1C(=O)C=CC1=O)C(=O)O)C(C)C)C(C)(C)C)C(C)(C)c1ccccc1. The number of carbonyl (C=O) groups excluding carboxylic acids is 6. The summed E-state index contributed by atoms with van der Waals surface area (Å²) in [6.07, 6.45) is 5.24. The lowest BCUT2D eigenvalue weighted by Gasteiger charge is -2.40. The van der Waals surface area contributed by atoms with E-state index >= 15 is 0 Å². The minimum absolute atomic E-state index is 0.0456. The van der Waals surface area contributed by atoms with Crippen LogP contribution in [0.2, 0.25) is 0 Å². The van der Waals surface area contributed by atoms with Crippen LogP contribution in [0.25, 0.3) is 0 Å². The van der Waals surface area contributed by atoms with Gasteiger partial charge < -0.3 is 31.3 Å². The Kier molecular flexibility index (Phi) is 17.4. The molecule has 0 aliphatic carbocycles. The summed E-state index contributed by atoms with van der Waals surface area (Å²) in [7, 11) is 3.40. The number of hydrogen-bond donors (Lipinski definition) is 5. The van der Waals surface area contributed by atoms with Gasteiger partial charge in [-0.2, -0.15) is 0 Å². The van der Waals surface area contributed by atoms with Crippen molar-refractivity contribution in [1.82, 2.24) is 31.1 Å². The molecule has 0 fully saturated rings. The summed E-state index contributed by atoms with van der Waals surface area (Å²) in [5, 5.41) is 21.1. The number of carboxylic acids is 1. The molecular weight excluding hydrogens is 704 g/mol.